The molecule has 0 spiro atoms. The van der Waals surface area contributed by atoms with Crippen molar-refractivity contribution < 1.29 is 0 Å². The molecule has 0 radical (unpaired) electrons. The highest BCUT2D eigenvalue weighted by Crippen LogP contribution is 2.38. The molecule has 90 valence electrons. The van der Waals surface area contributed by atoms with Crippen LogP contribution < -0.4 is 5.32 Å². The van der Waals surface area contributed by atoms with Crippen LogP contribution in [0.2, 0.25) is 10.2 Å². The second kappa shape index (κ2) is 4.60. The van der Waals surface area contributed by atoms with Crippen molar-refractivity contribution in [1.82, 2.24) is 10.3 Å². The standard InChI is InChI=1S/C13H14Cl2N2/c14-11-6-9(7-17-13(11)15)10-4-3-8-2-1-5-16-12(8)10/h4,6-8,12,16H,1-3,5H2. The minimum absolute atomic E-state index is 0.377. The number of allylic oxidation sites excluding steroid dienone is 1. The summed E-state index contributed by atoms with van der Waals surface area (Å²) < 4.78 is 0. The number of hydrogen-bond acceptors (Lipinski definition) is 2. The lowest BCUT2D eigenvalue weighted by molar-refractivity contribution is 0.346. The van der Waals surface area contributed by atoms with Gasteiger partial charge in [-0.3, -0.25) is 0 Å². The van der Waals surface area contributed by atoms with Gasteiger partial charge in [0.25, 0.3) is 0 Å². The summed E-state index contributed by atoms with van der Waals surface area (Å²) in [5.74, 6) is 0.744. The molecule has 0 amide bonds. The molecule has 1 aromatic rings. The Hall–Kier alpha value is -0.570. The lowest BCUT2D eigenvalue weighted by Crippen LogP contribution is -2.39. The molecule has 4 heteroatoms. The molecule has 1 aromatic heterocycles. The molecule has 3 rings (SSSR count). The van der Waals surface area contributed by atoms with Crippen LogP contribution in [-0.2, 0) is 0 Å². The molecule has 2 aliphatic rings. The van der Waals surface area contributed by atoms with Gasteiger partial charge in [0.2, 0.25) is 0 Å². The topological polar surface area (TPSA) is 24.9 Å². The molecule has 1 aliphatic carbocycles. The Balaban J connectivity index is 1.91. The number of pyridine rings is 1. The molecule has 17 heavy (non-hydrogen) atoms. The van der Waals surface area contributed by atoms with E-state index in [9.17, 15) is 0 Å². The zero-order chi connectivity index (χ0) is 11.8. The average molecular weight is 269 g/mol. The third-order valence-electron chi connectivity index (χ3n) is 3.69. The maximum absolute atomic E-state index is 6.03. The molecule has 1 N–H and O–H groups in total. The van der Waals surface area contributed by atoms with Crippen molar-refractivity contribution in [3.05, 3.63) is 34.1 Å². The normalized spacial score (nSPS) is 27.8. The summed E-state index contributed by atoms with van der Waals surface area (Å²) in [6, 6.07) is 2.39. The number of rotatable bonds is 1. The van der Waals surface area contributed by atoms with Crippen molar-refractivity contribution in [1.29, 1.82) is 0 Å². The highest BCUT2D eigenvalue weighted by molar-refractivity contribution is 6.41. The Labute approximate surface area is 111 Å². The van der Waals surface area contributed by atoms with Gasteiger partial charge in [0.05, 0.1) is 5.02 Å². The van der Waals surface area contributed by atoms with Crippen LogP contribution in [0.4, 0.5) is 0 Å². The summed E-state index contributed by atoms with van der Waals surface area (Å²) >= 11 is 11.9. The number of aromatic nitrogens is 1. The van der Waals surface area contributed by atoms with Crippen LogP contribution in [0.15, 0.2) is 18.3 Å². The van der Waals surface area contributed by atoms with Crippen molar-refractivity contribution in [2.24, 2.45) is 5.92 Å². The molecule has 0 aromatic carbocycles. The van der Waals surface area contributed by atoms with Crippen LogP contribution >= 0.6 is 23.2 Å². The van der Waals surface area contributed by atoms with E-state index in [1.807, 2.05) is 12.3 Å². The number of piperidine rings is 1. The van der Waals surface area contributed by atoms with Gasteiger partial charge in [0.15, 0.2) is 0 Å². The first kappa shape index (κ1) is 11.5. The Bertz CT molecular complexity index is 470. The Morgan fingerprint density at radius 1 is 1.35 bits per heavy atom. The van der Waals surface area contributed by atoms with Crippen molar-refractivity contribution in [3.8, 4) is 0 Å². The minimum atomic E-state index is 0.377. The molecule has 1 saturated heterocycles. The van der Waals surface area contributed by atoms with Gasteiger partial charge in [-0.1, -0.05) is 29.3 Å². The lowest BCUT2D eigenvalue weighted by Gasteiger charge is -2.29. The smallest absolute Gasteiger partial charge is 0.147 e. The van der Waals surface area contributed by atoms with E-state index in [1.165, 1.54) is 18.4 Å². The summed E-state index contributed by atoms with van der Waals surface area (Å²) in [4.78, 5) is 4.13. The summed E-state index contributed by atoms with van der Waals surface area (Å²) in [5, 5.41) is 4.50. The average Bonchev–Trinajstić information content (AvgIpc) is 2.76. The molecular formula is C13H14Cl2N2. The second-order valence-electron chi connectivity index (χ2n) is 4.73. The fraction of sp³-hybridized carbons (Fsp3) is 0.462. The Kier molecular flexibility index (Phi) is 3.12. The second-order valence-corrected chi connectivity index (χ2v) is 5.49. The van der Waals surface area contributed by atoms with E-state index in [0.29, 0.717) is 16.2 Å². The van der Waals surface area contributed by atoms with E-state index in [1.54, 1.807) is 0 Å². The van der Waals surface area contributed by atoms with Crippen LogP contribution in [-0.4, -0.2) is 17.6 Å². The molecule has 1 aliphatic heterocycles. The minimum Gasteiger partial charge on any atom is -0.310 e. The summed E-state index contributed by atoms with van der Waals surface area (Å²) in [6.45, 7) is 1.10. The van der Waals surface area contributed by atoms with Crippen molar-refractivity contribution in [2.75, 3.05) is 6.54 Å². The number of nitrogens with one attached hydrogen (secondary N) is 1. The van der Waals surface area contributed by atoms with E-state index in [0.717, 1.165) is 24.4 Å². The van der Waals surface area contributed by atoms with E-state index in [-0.39, 0.29) is 0 Å². The zero-order valence-corrected chi connectivity index (χ0v) is 10.9. The lowest BCUT2D eigenvalue weighted by atomic mass is 9.89. The molecular weight excluding hydrogens is 255 g/mol. The van der Waals surface area contributed by atoms with Gasteiger partial charge in [0.1, 0.15) is 5.15 Å². The van der Waals surface area contributed by atoms with Crippen LogP contribution in [0.1, 0.15) is 24.8 Å². The predicted molar refractivity (Wildman–Crippen MR) is 71.4 cm³/mol. The molecule has 0 saturated carbocycles. The summed E-state index contributed by atoms with van der Waals surface area (Å²) in [7, 11) is 0. The molecule has 2 nitrogen and oxygen atoms in total. The highest BCUT2D eigenvalue weighted by atomic mass is 35.5. The van der Waals surface area contributed by atoms with Gasteiger partial charge >= 0.3 is 0 Å². The third kappa shape index (κ3) is 2.10. The SMILES string of the molecule is Clc1cc(C2=CCC3CCCNC23)cnc1Cl. The number of nitrogens with zero attached hydrogens (tertiary/aromatic N) is 1. The van der Waals surface area contributed by atoms with Gasteiger partial charge in [-0.15, -0.1) is 0 Å². The van der Waals surface area contributed by atoms with E-state index >= 15 is 0 Å². The van der Waals surface area contributed by atoms with Crippen LogP contribution in [0, 0.1) is 5.92 Å². The first-order valence-electron chi connectivity index (χ1n) is 6.00. The van der Waals surface area contributed by atoms with Crippen LogP contribution in [0.25, 0.3) is 5.57 Å². The first-order valence-corrected chi connectivity index (χ1v) is 6.76. The third-order valence-corrected chi connectivity index (χ3v) is 4.38. The monoisotopic (exact) mass is 268 g/mol. The molecule has 1 fully saturated rings. The van der Waals surface area contributed by atoms with Gasteiger partial charge in [0, 0.05) is 12.2 Å². The highest BCUT2D eigenvalue weighted by Gasteiger charge is 2.32. The predicted octanol–water partition coefficient (Wildman–Crippen LogP) is 3.54. The maximum atomic E-state index is 6.03. The van der Waals surface area contributed by atoms with Gasteiger partial charge in [-0.25, -0.2) is 4.98 Å². The number of hydrogen-bond donors (Lipinski definition) is 1. The van der Waals surface area contributed by atoms with Crippen molar-refractivity contribution in [3.63, 3.8) is 0 Å². The Morgan fingerprint density at radius 3 is 3.06 bits per heavy atom. The largest absolute Gasteiger partial charge is 0.310 e. The maximum Gasteiger partial charge on any atom is 0.147 e. The summed E-state index contributed by atoms with van der Waals surface area (Å²) in [6.07, 6.45) is 7.88. The van der Waals surface area contributed by atoms with Gasteiger partial charge in [-0.2, -0.15) is 0 Å². The van der Waals surface area contributed by atoms with Crippen molar-refractivity contribution in [2.45, 2.75) is 25.3 Å². The fourth-order valence-corrected chi connectivity index (χ4v) is 3.12. The van der Waals surface area contributed by atoms with Gasteiger partial charge in [-0.05, 0) is 48.9 Å². The fourth-order valence-electron chi connectivity index (χ4n) is 2.85. The number of fused-ring (bicyclic) bond motifs is 1. The van der Waals surface area contributed by atoms with E-state index in [2.05, 4.69) is 16.4 Å². The van der Waals surface area contributed by atoms with E-state index < -0.39 is 0 Å². The number of halogens is 2. The molecule has 0 bridgehead atoms. The van der Waals surface area contributed by atoms with Crippen molar-refractivity contribution >= 4 is 28.8 Å². The Morgan fingerprint density at radius 2 is 2.24 bits per heavy atom. The molecule has 2 atom stereocenters. The van der Waals surface area contributed by atoms with Crippen LogP contribution in [0.5, 0.6) is 0 Å². The zero-order valence-electron chi connectivity index (χ0n) is 9.42. The quantitative estimate of drug-likeness (QED) is 0.789. The molecule has 2 heterocycles. The van der Waals surface area contributed by atoms with E-state index in [4.69, 9.17) is 23.2 Å². The first-order chi connectivity index (χ1) is 8.25. The van der Waals surface area contributed by atoms with Crippen LogP contribution in [0.3, 0.4) is 0 Å². The summed E-state index contributed by atoms with van der Waals surface area (Å²) in [5.41, 5.74) is 2.43. The van der Waals surface area contributed by atoms with Gasteiger partial charge < -0.3 is 5.32 Å². The molecule has 2 unspecified atom stereocenters.